The highest BCUT2D eigenvalue weighted by Crippen LogP contribution is 2.22. The van der Waals surface area contributed by atoms with E-state index in [1.165, 1.54) is 12.1 Å². The van der Waals surface area contributed by atoms with Crippen molar-refractivity contribution in [1.82, 2.24) is 5.32 Å². The van der Waals surface area contributed by atoms with Crippen LogP contribution < -0.4 is 5.32 Å². The maximum Gasteiger partial charge on any atom is 0.255 e. The number of nitriles is 1. The fourth-order valence-electron chi connectivity index (χ4n) is 0.927. The predicted molar refractivity (Wildman–Crippen MR) is 47.7 cm³/mol. The van der Waals surface area contributed by atoms with E-state index in [4.69, 9.17) is 10.4 Å². The van der Waals surface area contributed by atoms with Crippen LogP contribution in [0.1, 0.15) is 10.4 Å². The number of rotatable bonds is 2. The largest absolute Gasteiger partial charge is 0.508 e. The number of hydrogen-bond acceptors (Lipinski definition) is 4. The molecule has 0 aliphatic rings. The molecule has 72 valence electrons. The molecule has 0 aliphatic carbocycles. The van der Waals surface area contributed by atoms with Gasteiger partial charge in [0.15, 0.2) is 0 Å². The first-order valence-electron chi connectivity index (χ1n) is 3.82. The van der Waals surface area contributed by atoms with E-state index < -0.39 is 5.91 Å². The van der Waals surface area contributed by atoms with Crippen molar-refractivity contribution in [2.75, 3.05) is 6.54 Å². The minimum Gasteiger partial charge on any atom is -0.508 e. The lowest BCUT2D eigenvalue weighted by Gasteiger charge is -2.03. The fourth-order valence-corrected chi connectivity index (χ4v) is 0.927. The van der Waals surface area contributed by atoms with Gasteiger partial charge >= 0.3 is 0 Å². The third kappa shape index (κ3) is 2.14. The molecule has 0 aliphatic heterocycles. The van der Waals surface area contributed by atoms with E-state index in [1.807, 2.05) is 0 Å². The molecule has 5 nitrogen and oxygen atoms in total. The number of carbonyl (C=O) groups excluding carboxylic acids is 1. The van der Waals surface area contributed by atoms with E-state index in [2.05, 4.69) is 5.32 Å². The Morgan fingerprint density at radius 1 is 1.50 bits per heavy atom. The number of aromatic hydroxyl groups is 2. The van der Waals surface area contributed by atoms with Crippen molar-refractivity contribution >= 4 is 5.91 Å². The van der Waals surface area contributed by atoms with Crippen LogP contribution in [0.5, 0.6) is 11.5 Å². The Bertz CT molecular complexity index is 396. The summed E-state index contributed by atoms with van der Waals surface area (Å²) in [6, 6.07) is 5.35. The average Bonchev–Trinajstić information content (AvgIpc) is 2.14. The standard InChI is InChI=1S/C9H8N2O3/c10-3-4-11-9(14)7-2-1-6(12)5-8(7)13/h1-2,5,12-13H,4H2,(H,11,14). The third-order valence-corrected chi connectivity index (χ3v) is 1.55. The molecule has 0 fully saturated rings. The molecule has 0 bridgehead atoms. The van der Waals surface area contributed by atoms with Gasteiger partial charge in [0, 0.05) is 6.07 Å². The van der Waals surface area contributed by atoms with Gasteiger partial charge in [0.2, 0.25) is 0 Å². The molecule has 0 unspecified atom stereocenters. The van der Waals surface area contributed by atoms with E-state index in [9.17, 15) is 9.90 Å². The number of hydrogen-bond donors (Lipinski definition) is 3. The molecule has 1 aromatic rings. The molecule has 1 amide bonds. The van der Waals surface area contributed by atoms with Crippen LogP contribution in [-0.2, 0) is 0 Å². The zero-order chi connectivity index (χ0) is 10.6. The Kier molecular flexibility index (Phi) is 2.92. The zero-order valence-electron chi connectivity index (χ0n) is 7.19. The van der Waals surface area contributed by atoms with Crippen molar-refractivity contribution in [3.63, 3.8) is 0 Å². The fraction of sp³-hybridized carbons (Fsp3) is 0.111. The first kappa shape index (κ1) is 9.86. The monoisotopic (exact) mass is 192 g/mol. The van der Waals surface area contributed by atoms with Gasteiger partial charge in [-0.3, -0.25) is 4.79 Å². The van der Waals surface area contributed by atoms with Gasteiger partial charge in [0.1, 0.15) is 18.0 Å². The lowest BCUT2D eigenvalue weighted by Crippen LogP contribution is -2.23. The number of amides is 1. The minimum atomic E-state index is -0.552. The van der Waals surface area contributed by atoms with Crippen molar-refractivity contribution in [3.05, 3.63) is 23.8 Å². The summed E-state index contributed by atoms with van der Waals surface area (Å²) in [6.45, 7) is -0.126. The number of nitrogens with one attached hydrogen (secondary N) is 1. The highest BCUT2D eigenvalue weighted by Gasteiger charge is 2.10. The van der Waals surface area contributed by atoms with Crippen LogP contribution in [0.15, 0.2) is 18.2 Å². The number of carbonyl (C=O) groups is 1. The Hall–Kier alpha value is -2.22. The molecule has 3 N–H and O–H groups in total. The zero-order valence-corrected chi connectivity index (χ0v) is 7.19. The van der Waals surface area contributed by atoms with Gasteiger partial charge in [-0.1, -0.05) is 0 Å². The molecule has 0 saturated heterocycles. The van der Waals surface area contributed by atoms with E-state index in [0.29, 0.717) is 0 Å². The van der Waals surface area contributed by atoms with Crippen LogP contribution in [0, 0.1) is 11.3 Å². The predicted octanol–water partition coefficient (Wildman–Crippen LogP) is 0.351. The SMILES string of the molecule is N#CCNC(=O)c1ccc(O)cc1O. The van der Waals surface area contributed by atoms with Crippen LogP contribution in [-0.4, -0.2) is 22.7 Å². The second-order valence-corrected chi connectivity index (χ2v) is 2.54. The van der Waals surface area contributed by atoms with Crippen LogP contribution in [0.25, 0.3) is 0 Å². The van der Waals surface area contributed by atoms with Gasteiger partial charge in [0.25, 0.3) is 5.91 Å². The van der Waals surface area contributed by atoms with Gasteiger partial charge in [-0.15, -0.1) is 0 Å². The number of phenols is 2. The van der Waals surface area contributed by atoms with Gasteiger partial charge in [-0.05, 0) is 12.1 Å². The van der Waals surface area contributed by atoms with Crippen molar-refractivity contribution in [2.45, 2.75) is 0 Å². The molecule has 0 atom stereocenters. The summed E-state index contributed by atoms with van der Waals surface area (Å²) in [4.78, 5) is 11.2. The third-order valence-electron chi connectivity index (χ3n) is 1.55. The van der Waals surface area contributed by atoms with E-state index in [1.54, 1.807) is 6.07 Å². The lowest BCUT2D eigenvalue weighted by atomic mass is 10.2. The van der Waals surface area contributed by atoms with Crippen LogP contribution in [0.4, 0.5) is 0 Å². The molecule has 1 rings (SSSR count). The first-order valence-corrected chi connectivity index (χ1v) is 3.82. The van der Waals surface area contributed by atoms with E-state index in [-0.39, 0.29) is 23.6 Å². The Labute approximate surface area is 80.2 Å². The number of phenolic OH excluding ortho intramolecular Hbond substituents is 2. The molecule has 5 heteroatoms. The molecule has 0 radical (unpaired) electrons. The summed E-state index contributed by atoms with van der Waals surface area (Å²) in [5.74, 6) is -0.996. The van der Waals surface area contributed by atoms with Crippen molar-refractivity contribution in [2.24, 2.45) is 0 Å². The second-order valence-electron chi connectivity index (χ2n) is 2.54. The normalized spacial score (nSPS) is 9.07. The smallest absolute Gasteiger partial charge is 0.255 e. The minimum absolute atomic E-state index is 0.0260. The summed E-state index contributed by atoms with van der Waals surface area (Å²) in [5, 5.41) is 28.7. The molecular formula is C9H8N2O3. The van der Waals surface area contributed by atoms with Crippen molar-refractivity contribution < 1.29 is 15.0 Å². The lowest BCUT2D eigenvalue weighted by molar-refractivity contribution is 0.0956. The average molecular weight is 192 g/mol. The van der Waals surface area contributed by atoms with Crippen LogP contribution in [0.2, 0.25) is 0 Å². The summed E-state index contributed by atoms with van der Waals surface area (Å²) >= 11 is 0. The molecule has 0 spiro atoms. The molecular weight excluding hydrogens is 184 g/mol. The summed E-state index contributed by atoms with van der Waals surface area (Å²) in [5.41, 5.74) is 0.0260. The van der Waals surface area contributed by atoms with Crippen molar-refractivity contribution in [1.29, 1.82) is 5.26 Å². The molecule has 0 heterocycles. The molecule has 14 heavy (non-hydrogen) atoms. The maximum absolute atomic E-state index is 11.2. The topological polar surface area (TPSA) is 93.4 Å². The number of nitrogens with zero attached hydrogens (tertiary/aromatic N) is 1. The van der Waals surface area contributed by atoms with Crippen LogP contribution >= 0.6 is 0 Å². The maximum atomic E-state index is 11.2. The number of benzene rings is 1. The second kappa shape index (κ2) is 4.14. The summed E-state index contributed by atoms with van der Waals surface area (Å²) in [7, 11) is 0. The molecule has 0 aromatic heterocycles. The quantitative estimate of drug-likeness (QED) is 0.589. The molecule has 0 saturated carbocycles. The Balaban J connectivity index is 2.86. The van der Waals surface area contributed by atoms with Gasteiger partial charge in [-0.2, -0.15) is 5.26 Å². The highest BCUT2D eigenvalue weighted by molar-refractivity contribution is 5.97. The van der Waals surface area contributed by atoms with Gasteiger partial charge in [0.05, 0.1) is 11.6 Å². The summed E-state index contributed by atoms with van der Waals surface area (Å²) in [6.07, 6.45) is 0. The van der Waals surface area contributed by atoms with Gasteiger partial charge in [-0.25, -0.2) is 0 Å². The van der Waals surface area contributed by atoms with Crippen LogP contribution in [0.3, 0.4) is 0 Å². The van der Waals surface area contributed by atoms with Crippen molar-refractivity contribution in [3.8, 4) is 17.6 Å². The first-order chi connectivity index (χ1) is 6.65. The van der Waals surface area contributed by atoms with E-state index in [0.717, 1.165) is 6.07 Å². The Morgan fingerprint density at radius 3 is 2.79 bits per heavy atom. The van der Waals surface area contributed by atoms with E-state index >= 15 is 0 Å². The Morgan fingerprint density at radius 2 is 2.21 bits per heavy atom. The highest BCUT2D eigenvalue weighted by atomic mass is 16.3. The molecule has 1 aromatic carbocycles. The summed E-state index contributed by atoms with van der Waals surface area (Å²) < 4.78 is 0. The van der Waals surface area contributed by atoms with Gasteiger partial charge < -0.3 is 15.5 Å².